The summed E-state index contributed by atoms with van der Waals surface area (Å²) in [6.45, 7) is 14.9. The molecule has 0 radical (unpaired) electrons. The van der Waals surface area contributed by atoms with Gasteiger partial charge in [-0.3, -0.25) is 4.79 Å². The van der Waals surface area contributed by atoms with Gasteiger partial charge in [-0.2, -0.15) is 13.2 Å². The van der Waals surface area contributed by atoms with Crippen molar-refractivity contribution in [1.29, 1.82) is 0 Å². The molecular weight excluding hydrogens is 537 g/mol. The molecule has 6 nitrogen and oxygen atoms in total. The number of nitrogens with zero attached hydrogens (tertiary/aromatic N) is 1. The van der Waals surface area contributed by atoms with Crippen LogP contribution in [0.1, 0.15) is 61.8 Å². The Balaban J connectivity index is 2.46. The molecule has 0 heterocycles. The van der Waals surface area contributed by atoms with Crippen molar-refractivity contribution < 1.29 is 31.9 Å². The van der Waals surface area contributed by atoms with Crippen LogP contribution in [0.25, 0.3) is 0 Å². The zero-order chi connectivity index (χ0) is 30.4. The third kappa shape index (κ3) is 8.82. The van der Waals surface area contributed by atoms with Gasteiger partial charge in [0.15, 0.2) is 0 Å². The van der Waals surface area contributed by atoms with E-state index in [1.54, 1.807) is 34.6 Å². The van der Waals surface area contributed by atoms with Crippen LogP contribution in [0.4, 0.5) is 18.0 Å². The van der Waals surface area contributed by atoms with Crippen molar-refractivity contribution in [3.05, 3.63) is 60.7 Å². The molecule has 2 aromatic carbocycles. The number of amides is 2. The fourth-order valence-corrected chi connectivity index (χ4v) is 9.23. The summed E-state index contributed by atoms with van der Waals surface area (Å²) in [5, 5.41) is 3.64. The summed E-state index contributed by atoms with van der Waals surface area (Å²) < 4.78 is 52.2. The van der Waals surface area contributed by atoms with Crippen molar-refractivity contribution in [1.82, 2.24) is 10.2 Å². The second-order valence-corrected chi connectivity index (χ2v) is 16.5. The second kappa shape index (κ2) is 13.2. The highest BCUT2D eigenvalue weighted by Gasteiger charge is 2.50. The van der Waals surface area contributed by atoms with Crippen LogP contribution in [0, 0.1) is 0 Å². The molecule has 0 spiro atoms. The molecule has 0 aliphatic carbocycles. The van der Waals surface area contributed by atoms with Gasteiger partial charge in [0, 0.05) is 12.6 Å². The molecule has 0 unspecified atom stereocenters. The molecule has 2 amide bonds. The third-order valence-electron chi connectivity index (χ3n) is 6.48. The van der Waals surface area contributed by atoms with E-state index in [0.717, 1.165) is 10.4 Å². The average Bonchev–Trinajstić information content (AvgIpc) is 2.82. The molecule has 0 fully saturated rings. The standard InChI is InChI=1S/C30H43F3N2O4Si/c1-22(2)35(27(37)39-28(3,4)5)20-19-23(34-26(36)30(31,32)33)21-38-40(29(6,7)8,24-15-11-9-12-16-24)25-17-13-10-14-18-25/h9-18,22-23H,19-21H2,1-8H3,(H,34,36)/t23-/m0/s1. The summed E-state index contributed by atoms with van der Waals surface area (Å²) in [4.78, 5) is 26.3. The normalized spacial score (nSPS) is 13.6. The monoisotopic (exact) mass is 580 g/mol. The van der Waals surface area contributed by atoms with Crippen molar-refractivity contribution in [3.8, 4) is 0 Å². The van der Waals surface area contributed by atoms with Crippen LogP contribution in [0.3, 0.4) is 0 Å². The molecule has 0 aliphatic rings. The van der Waals surface area contributed by atoms with E-state index in [-0.39, 0.29) is 25.6 Å². The van der Waals surface area contributed by atoms with Gasteiger partial charge in [0.1, 0.15) is 5.60 Å². The molecule has 0 saturated carbocycles. The highest BCUT2D eigenvalue weighted by Crippen LogP contribution is 2.37. The van der Waals surface area contributed by atoms with Gasteiger partial charge in [-0.05, 0) is 56.5 Å². The first-order chi connectivity index (χ1) is 18.4. The number of hydrogen-bond donors (Lipinski definition) is 1. The van der Waals surface area contributed by atoms with E-state index in [1.807, 2.05) is 60.7 Å². The van der Waals surface area contributed by atoms with Gasteiger partial charge >= 0.3 is 18.2 Å². The molecule has 0 aromatic heterocycles. The summed E-state index contributed by atoms with van der Waals surface area (Å²) in [5.74, 6) is -2.04. The minimum Gasteiger partial charge on any atom is -0.444 e. The number of carbonyl (C=O) groups excluding carboxylic acids is 2. The van der Waals surface area contributed by atoms with Gasteiger partial charge in [-0.25, -0.2) is 4.79 Å². The largest absolute Gasteiger partial charge is 0.471 e. The van der Waals surface area contributed by atoms with Crippen LogP contribution >= 0.6 is 0 Å². The fourth-order valence-electron chi connectivity index (χ4n) is 4.63. The Labute approximate surface area is 237 Å². The van der Waals surface area contributed by atoms with E-state index in [4.69, 9.17) is 9.16 Å². The summed E-state index contributed by atoms with van der Waals surface area (Å²) in [6.07, 6.45) is -5.59. The van der Waals surface area contributed by atoms with Gasteiger partial charge in [0.2, 0.25) is 0 Å². The number of hydrogen-bond acceptors (Lipinski definition) is 4. The molecule has 10 heteroatoms. The number of alkyl halides is 3. The minimum absolute atomic E-state index is 0.0391. The second-order valence-electron chi connectivity index (χ2n) is 12.2. The van der Waals surface area contributed by atoms with Crippen LogP contribution in [-0.2, 0) is 14.0 Å². The van der Waals surface area contributed by atoms with Crippen LogP contribution in [-0.4, -0.2) is 62.2 Å². The molecule has 0 aliphatic heterocycles. The summed E-state index contributed by atoms with van der Waals surface area (Å²) in [6, 6.07) is 18.1. The van der Waals surface area contributed by atoms with E-state index in [9.17, 15) is 22.8 Å². The Morgan fingerprint density at radius 3 is 1.73 bits per heavy atom. The highest BCUT2D eigenvalue weighted by atomic mass is 28.4. The van der Waals surface area contributed by atoms with E-state index in [0.29, 0.717) is 0 Å². The van der Waals surface area contributed by atoms with E-state index in [1.165, 1.54) is 4.90 Å². The van der Waals surface area contributed by atoms with Crippen LogP contribution in [0.2, 0.25) is 5.04 Å². The molecular formula is C30H43F3N2O4Si. The zero-order valence-corrected chi connectivity index (χ0v) is 25.8. The molecule has 0 bridgehead atoms. The smallest absolute Gasteiger partial charge is 0.444 e. The maximum atomic E-state index is 13.3. The molecule has 0 saturated heterocycles. The number of rotatable bonds is 10. The predicted octanol–water partition coefficient (Wildman–Crippen LogP) is 5.65. The Kier molecular flexibility index (Phi) is 11.0. The number of benzene rings is 2. The van der Waals surface area contributed by atoms with Gasteiger partial charge < -0.3 is 19.4 Å². The topological polar surface area (TPSA) is 67.9 Å². The third-order valence-corrected chi connectivity index (χ3v) is 11.5. The van der Waals surface area contributed by atoms with Gasteiger partial charge in [-0.1, -0.05) is 81.4 Å². The zero-order valence-electron chi connectivity index (χ0n) is 24.8. The van der Waals surface area contributed by atoms with E-state index >= 15 is 0 Å². The lowest BCUT2D eigenvalue weighted by molar-refractivity contribution is -0.174. The van der Waals surface area contributed by atoms with Crippen molar-refractivity contribution in [2.24, 2.45) is 0 Å². The highest BCUT2D eigenvalue weighted by molar-refractivity contribution is 6.99. The Morgan fingerprint density at radius 1 is 0.875 bits per heavy atom. The first-order valence-electron chi connectivity index (χ1n) is 13.5. The number of carbonyl (C=O) groups is 2. The Bertz CT molecular complexity index is 1060. The first-order valence-corrected chi connectivity index (χ1v) is 15.4. The lowest BCUT2D eigenvalue weighted by atomic mass is 10.2. The predicted molar refractivity (Wildman–Crippen MR) is 154 cm³/mol. The SMILES string of the molecule is CC(C)N(CC[C@@H](CO[Si](c1ccccc1)(c1ccccc1)C(C)(C)C)NC(=O)C(F)(F)F)C(=O)OC(C)(C)C. The van der Waals surface area contributed by atoms with Crippen molar-refractivity contribution in [2.75, 3.05) is 13.2 Å². The quantitative estimate of drug-likeness (QED) is 0.369. The maximum absolute atomic E-state index is 13.3. The van der Waals surface area contributed by atoms with Crippen molar-refractivity contribution in [3.63, 3.8) is 0 Å². The molecule has 2 aromatic rings. The Morgan fingerprint density at radius 2 is 1.35 bits per heavy atom. The summed E-state index contributed by atoms with van der Waals surface area (Å²) in [7, 11) is -3.08. The molecule has 40 heavy (non-hydrogen) atoms. The molecule has 1 N–H and O–H groups in total. The van der Waals surface area contributed by atoms with Crippen molar-refractivity contribution in [2.45, 2.75) is 90.7 Å². The Hall–Kier alpha value is -2.85. The number of nitrogens with one attached hydrogen (secondary N) is 1. The van der Waals surface area contributed by atoms with E-state index in [2.05, 4.69) is 26.1 Å². The van der Waals surface area contributed by atoms with Gasteiger partial charge in [-0.15, -0.1) is 0 Å². The van der Waals surface area contributed by atoms with Crippen LogP contribution in [0.5, 0.6) is 0 Å². The number of ether oxygens (including phenoxy) is 1. The van der Waals surface area contributed by atoms with Gasteiger partial charge in [0.05, 0.1) is 12.6 Å². The van der Waals surface area contributed by atoms with Crippen molar-refractivity contribution >= 4 is 30.7 Å². The van der Waals surface area contributed by atoms with Crippen LogP contribution in [0.15, 0.2) is 60.7 Å². The fraction of sp³-hybridized carbons (Fsp3) is 0.533. The van der Waals surface area contributed by atoms with Gasteiger partial charge in [0.25, 0.3) is 8.32 Å². The van der Waals surface area contributed by atoms with Crippen LogP contribution < -0.4 is 15.7 Å². The molecule has 222 valence electrons. The maximum Gasteiger partial charge on any atom is 0.471 e. The number of halogens is 3. The summed E-state index contributed by atoms with van der Waals surface area (Å²) >= 11 is 0. The lowest BCUT2D eigenvalue weighted by Crippen LogP contribution is -2.67. The molecule has 1 atom stereocenters. The van der Waals surface area contributed by atoms with E-state index < -0.39 is 43.2 Å². The summed E-state index contributed by atoms with van der Waals surface area (Å²) in [5.41, 5.74) is -0.736. The minimum atomic E-state index is -5.06. The molecule has 2 rings (SSSR count). The first kappa shape index (κ1) is 33.4. The average molecular weight is 581 g/mol. The lowest BCUT2D eigenvalue weighted by Gasteiger charge is -2.44.